The molecule has 1 aliphatic carbocycles. The van der Waals surface area contributed by atoms with Crippen LogP contribution in [0.1, 0.15) is 67.8 Å². The van der Waals surface area contributed by atoms with Crippen LogP contribution in [0.15, 0.2) is 24.3 Å². The number of nitrogens with one attached hydrogen (secondary N) is 1. The minimum atomic E-state index is -0.00296. The van der Waals surface area contributed by atoms with Gasteiger partial charge in [-0.2, -0.15) is 0 Å². The van der Waals surface area contributed by atoms with Gasteiger partial charge in [-0.15, -0.1) is 5.92 Å². The van der Waals surface area contributed by atoms with E-state index < -0.39 is 0 Å². The van der Waals surface area contributed by atoms with Crippen LogP contribution in [0.4, 0.5) is 0 Å². The van der Waals surface area contributed by atoms with Crippen molar-refractivity contribution in [2.45, 2.75) is 64.6 Å². The Hall–Kier alpha value is -1.79. The van der Waals surface area contributed by atoms with Crippen LogP contribution >= 0.6 is 0 Å². The van der Waals surface area contributed by atoms with Gasteiger partial charge >= 0.3 is 0 Å². The Bertz CT molecular complexity index is 539. The lowest BCUT2D eigenvalue weighted by molar-refractivity contribution is 0.0703. The fourth-order valence-corrected chi connectivity index (χ4v) is 2.53. The maximum atomic E-state index is 11.9. The molecule has 1 aromatic carbocycles. The Kier molecular flexibility index (Phi) is 7.69. The number of hydrogen-bond acceptors (Lipinski definition) is 2. The summed E-state index contributed by atoms with van der Waals surface area (Å²) in [4.78, 5) is 11.9. The fourth-order valence-electron chi connectivity index (χ4n) is 2.53. The van der Waals surface area contributed by atoms with Gasteiger partial charge in [0.2, 0.25) is 0 Å². The van der Waals surface area contributed by atoms with Crippen molar-refractivity contribution in [2.24, 2.45) is 0 Å². The highest BCUT2D eigenvalue weighted by molar-refractivity contribution is 5.94. The van der Waals surface area contributed by atoms with Gasteiger partial charge in [0.1, 0.15) is 6.10 Å². The Morgan fingerprint density at radius 3 is 2.87 bits per heavy atom. The molecule has 1 unspecified atom stereocenters. The molecule has 0 bridgehead atoms. The molecule has 0 aromatic heterocycles. The molecule has 0 fully saturated rings. The lowest BCUT2D eigenvalue weighted by Crippen LogP contribution is -2.24. The SMILES string of the molecule is CCCCNC(=O)c1ccc(COC2C#CCCCCC2)cc1. The second-order valence-corrected chi connectivity index (χ2v) is 6.03. The first-order valence-electron chi connectivity index (χ1n) is 8.76. The van der Waals surface area contributed by atoms with Crippen LogP contribution in [-0.4, -0.2) is 18.6 Å². The molecule has 3 nitrogen and oxygen atoms in total. The molecule has 0 saturated carbocycles. The van der Waals surface area contributed by atoms with Crippen LogP contribution in [0.2, 0.25) is 0 Å². The van der Waals surface area contributed by atoms with E-state index in [0.717, 1.165) is 37.8 Å². The molecule has 3 heteroatoms. The zero-order chi connectivity index (χ0) is 16.3. The van der Waals surface area contributed by atoms with Gasteiger partial charge in [-0.25, -0.2) is 0 Å². The average molecular weight is 313 g/mol. The van der Waals surface area contributed by atoms with E-state index in [0.29, 0.717) is 12.2 Å². The Balaban J connectivity index is 1.81. The molecule has 1 aliphatic rings. The lowest BCUT2D eigenvalue weighted by Gasteiger charge is -2.14. The molecule has 0 radical (unpaired) electrons. The molecule has 23 heavy (non-hydrogen) atoms. The van der Waals surface area contributed by atoms with Crippen molar-refractivity contribution in [3.63, 3.8) is 0 Å². The predicted molar refractivity (Wildman–Crippen MR) is 93.1 cm³/mol. The number of carbonyl (C=O) groups excluding carboxylic acids is 1. The van der Waals surface area contributed by atoms with Crippen molar-refractivity contribution in [1.82, 2.24) is 5.32 Å². The van der Waals surface area contributed by atoms with Crippen LogP contribution in [0.3, 0.4) is 0 Å². The molecule has 124 valence electrons. The van der Waals surface area contributed by atoms with E-state index in [2.05, 4.69) is 24.1 Å². The quantitative estimate of drug-likeness (QED) is 0.609. The summed E-state index contributed by atoms with van der Waals surface area (Å²) >= 11 is 0. The van der Waals surface area contributed by atoms with Crippen molar-refractivity contribution < 1.29 is 9.53 Å². The number of hydrogen-bond donors (Lipinski definition) is 1. The second-order valence-electron chi connectivity index (χ2n) is 6.03. The molecule has 0 heterocycles. The maximum absolute atomic E-state index is 11.9. The molecule has 0 saturated heterocycles. The van der Waals surface area contributed by atoms with Gasteiger partial charge in [0, 0.05) is 18.5 Å². The Labute approximate surface area is 139 Å². The van der Waals surface area contributed by atoms with Gasteiger partial charge in [0.25, 0.3) is 5.91 Å². The van der Waals surface area contributed by atoms with E-state index in [1.54, 1.807) is 0 Å². The average Bonchev–Trinajstić information content (AvgIpc) is 2.54. The smallest absolute Gasteiger partial charge is 0.251 e. The molecule has 1 N–H and O–H groups in total. The van der Waals surface area contributed by atoms with E-state index in [-0.39, 0.29) is 12.0 Å². The van der Waals surface area contributed by atoms with Gasteiger partial charge in [0.05, 0.1) is 6.61 Å². The number of ether oxygens (including phenoxy) is 1. The highest BCUT2D eigenvalue weighted by Gasteiger charge is 2.08. The van der Waals surface area contributed by atoms with E-state index >= 15 is 0 Å². The molecular weight excluding hydrogens is 286 g/mol. The predicted octanol–water partition coefficient (Wildman–Crippen LogP) is 4.07. The van der Waals surface area contributed by atoms with Gasteiger partial charge in [-0.3, -0.25) is 4.79 Å². The number of rotatable bonds is 7. The van der Waals surface area contributed by atoms with Crippen LogP contribution in [0.25, 0.3) is 0 Å². The van der Waals surface area contributed by atoms with Crippen molar-refractivity contribution in [3.8, 4) is 11.8 Å². The summed E-state index contributed by atoms with van der Waals surface area (Å²) in [7, 11) is 0. The summed E-state index contributed by atoms with van der Waals surface area (Å²) < 4.78 is 5.91. The van der Waals surface area contributed by atoms with Crippen LogP contribution in [0.5, 0.6) is 0 Å². The zero-order valence-electron chi connectivity index (χ0n) is 14.1. The molecule has 2 rings (SSSR count). The summed E-state index contributed by atoms with van der Waals surface area (Å²) in [6, 6.07) is 7.66. The number of carbonyl (C=O) groups is 1. The molecular formula is C20H27NO2. The van der Waals surface area contributed by atoms with E-state index in [1.165, 1.54) is 19.3 Å². The van der Waals surface area contributed by atoms with E-state index in [9.17, 15) is 4.79 Å². The van der Waals surface area contributed by atoms with Crippen LogP contribution in [-0.2, 0) is 11.3 Å². The maximum Gasteiger partial charge on any atom is 0.251 e. The molecule has 0 spiro atoms. The van der Waals surface area contributed by atoms with Gasteiger partial charge in [0.15, 0.2) is 0 Å². The van der Waals surface area contributed by atoms with Crippen LogP contribution in [0, 0.1) is 11.8 Å². The first-order valence-corrected chi connectivity index (χ1v) is 8.76. The Morgan fingerprint density at radius 2 is 2.09 bits per heavy atom. The Morgan fingerprint density at radius 1 is 1.26 bits per heavy atom. The van der Waals surface area contributed by atoms with Crippen molar-refractivity contribution in [2.75, 3.05) is 6.54 Å². The zero-order valence-corrected chi connectivity index (χ0v) is 14.1. The van der Waals surface area contributed by atoms with Crippen molar-refractivity contribution in [3.05, 3.63) is 35.4 Å². The second kappa shape index (κ2) is 10.1. The monoisotopic (exact) mass is 313 g/mol. The normalized spacial score (nSPS) is 17.5. The van der Waals surface area contributed by atoms with Gasteiger partial charge in [-0.1, -0.05) is 37.8 Å². The number of unbranched alkanes of at least 4 members (excludes halogenated alkanes) is 1. The van der Waals surface area contributed by atoms with Crippen molar-refractivity contribution >= 4 is 5.91 Å². The molecule has 1 atom stereocenters. The summed E-state index contributed by atoms with van der Waals surface area (Å²) in [6.45, 7) is 3.40. The van der Waals surface area contributed by atoms with E-state index in [4.69, 9.17) is 4.74 Å². The fraction of sp³-hybridized carbons (Fsp3) is 0.550. The molecule has 0 aliphatic heterocycles. The van der Waals surface area contributed by atoms with Crippen molar-refractivity contribution in [1.29, 1.82) is 0 Å². The third-order valence-corrected chi connectivity index (χ3v) is 4.01. The molecule has 1 amide bonds. The van der Waals surface area contributed by atoms with Gasteiger partial charge < -0.3 is 10.1 Å². The third-order valence-electron chi connectivity index (χ3n) is 4.01. The van der Waals surface area contributed by atoms with E-state index in [1.807, 2.05) is 24.3 Å². The highest BCUT2D eigenvalue weighted by Crippen LogP contribution is 2.13. The van der Waals surface area contributed by atoms with Crippen LogP contribution < -0.4 is 5.32 Å². The lowest BCUT2D eigenvalue weighted by atomic mass is 10.1. The third kappa shape index (κ3) is 6.46. The van der Waals surface area contributed by atoms with Gasteiger partial charge in [-0.05, 0) is 43.4 Å². The number of amides is 1. The molecule has 1 aromatic rings. The minimum Gasteiger partial charge on any atom is -0.361 e. The summed E-state index contributed by atoms with van der Waals surface area (Å²) in [5.74, 6) is 6.40. The largest absolute Gasteiger partial charge is 0.361 e. The number of benzene rings is 1. The first kappa shape index (κ1) is 17.6. The first-order chi connectivity index (χ1) is 11.3. The highest BCUT2D eigenvalue weighted by atomic mass is 16.5. The summed E-state index contributed by atoms with van der Waals surface area (Å²) in [5, 5.41) is 2.93. The standard InChI is InChI=1S/C20H27NO2/c1-2-3-15-21-20(22)18-13-11-17(12-14-18)16-23-19-9-7-5-4-6-8-10-19/h11-14,19H,2-7,9,15-16H2,1H3,(H,21,22). The summed E-state index contributed by atoms with van der Waals surface area (Å²) in [5.41, 5.74) is 1.79. The minimum absolute atomic E-state index is 0.00296. The topological polar surface area (TPSA) is 38.3 Å². The summed E-state index contributed by atoms with van der Waals surface area (Å²) in [6.07, 6.45) is 7.80.